The first-order chi connectivity index (χ1) is 12.1. The Kier molecular flexibility index (Phi) is 5.08. The van der Waals surface area contributed by atoms with Crippen LogP contribution in [0.15, 0.2) is 41.6 Å². The van der Waals surface area contributed by atoms with Crippen LogP contribution in [-0.2, 0) is 0 Å². The minimum atomic E-state index is 0.00543. The Morgan fingerprint density at radius 2 is 1.84 bits per heavy atom. The van der Waals surface area contributed by atoms with Gasteiger partial charge in [-0.3, -0.25) is 9.36 Å². The molecule has 6 heteroatoms. The fraction of sp³-hybridized carbons (Fsp3) is 0.316. The van der Waals surface area contributed by atoms with Crippen LogP contribution in [0.4, 0.5) is 0 Å². The van der Waals surface area contributed by atoms with Gasteiger partial charge < -0.3 is 4.90 Å². The van der Waals surface area contributed by atoms with E-state index in [9.17, 15) is 4.79 Å². The molecular formula is C19H22N4OS. The lowest BCUT2D eigenvalue weighted by molar-refractivity contribution is 0.0774. The number of hydrogen-bond acceptors (Lipinski definition) is 4. The second kappa shape index (κ2) is 7.27. The summed E-state index contributed by atoms with van der Waals surface area (Å²) < 4.78 is 2.02. The highest BCUT2D eigenvalue weighted by Gasteiger charge is 2.22. The van der Waals surface area contributed by atoms with Crippen LogP contribution in [0.1, 0.15) is 29.9 Å². The van der Waals surface area contributed by atoms with Crippen LogP contribution < -0.4 is 0 Å². The third-order valence-electron chi connectivity index (χ3n) is 4.19. The van der Waals surface area contributed by atoms with Crippen LogP contribution in [0.3, 0.4) is 0 Å². The van der Waals surface area contributed by atoms with Crippen molar-refractivity contribution in [3.63, 3.8) is 0 Å². The summed E-state index contributed by atoms with van der Waals surface area (Å²) >= 11 is 1.55. The van der Waals surface area contributed by atoms with E-state index < -0.39 is 0 Å². The van der Waals surface area contributed by atoms with Crippen molar-refractivity contribution in [1.82, 2.24) is 19.4 Å². The predicted molar refractivity (Wildman–Crippen MR) is 103 cm³/mol. The molecule has 0 bridgehead atoms. The van der Waals surface area contributed by atoms with Crippen molar-refractivity contribution in [2.45, 2.75) is 25.9 Å². The van der Waals surface area contributed by atoms with Crippen molar-refractivity contribution in [3.8, 4) is 5.69 Å². The largest absolute Gasteiger partial charge is 0.339 e. The van der Waals surface area contributed by atoms with Gasteiger partial charge in [0.15, 0.2) is 10.8 Å². The highest BCUT2D eigenvalue weighted by atomic mass is 32.2. The van der Waals surface area contributed by atoms with Crippen LogP contribution in [0.5, 0.6) is 0 Å². The summed E-state index contributed by atoms with van der Waals surface area (Å²) in [5.74, 6) is 0.00543. The minimum absolute atomic E-state index is 0.00543. The number of pyridine rings is 1. The molecule has 0 N–H and O–H groups in total. The Morgan fingerprint density at radius 3 is 2.44 bits per heavy atom. The number of carbonyl (C=O) groups excluding carboxylic acids is 1. The van der Waals surface area contributed by atoms with E-state index in [1.807, 2.05) is 72.9 Å². The second-order valence-electron chi connectivity index (χ2n) is 5.73. The number of fused-ring (bicyclic) bond motifs is 1. The SMILES string of the molecule is CCN(CC)C(=O)c1cc(C)nc2c1nc(SC)n2-c1ccccc1. The maximum absolute atomic E-state index is 13.0. The molecule has 0 saturated carbocycles. The first-order valence-corrected chi connectivity index (χ1v) is 9.61. The Bertz CT molecular complexity index is 901. The van der Waals surface area contributed by atoms with Crippen molar-refractivity contribution < 1.29 is 4.79 Å². The van der Waals surface area contributed by atoms with E-state index in [0.29, 0.717) is 24.2 Å². The number of nitrogens with zero attached hydrogens (tertiary/aromatic N) is 4. The molecule has 3 rings (SSSR count). The quantitative estimate of drug-likeness (QED) is 0.651. The number of hydrogen-bond donors (Lipinski definition) is 0. The number of aryl methyl sites for hydroxylation is 1. The summed E-state index contributed by atoms with van der Waals surface area (Å²) in [7, 11) is 0. The molecule has 0 aliphatic heterocycles. The van der Waals surface area contributed by atoms with Crippen molar-refractivity contribution in [2.75, 3.05) is 19.3 Å². The number of aromatic nitrogens is 3. The number of para-hydroxylation sites is 1. The summed E-state index contributed by atoms with van der Waals surface area (Å²) in [6, 6.07) is 11.9. The number of imidazole rings is 1. The molecule has 0 unspecified atom stereocenters. The number of benzene rings is 1. The van der Waals surface area contributed by atoms with Crippen LogP contribution in [0.25, 0.3) is 16.9 Å². The molecule has 0 radical (unpaired) electrons. The first kappa shape index (κ1) is 17.5. The number of rotatable bonds is 5. The van der Waals surface area contributed by atoms with Crippen molar-refractivity contribution in [2.24, 2.45) is 0 Å². The van der Waals surface area contributed by atoms with Gasteiger partial charge in [-0.05, 0) is 45.2 Å². The van der Waals surface area contributed by atoms with Gasteiger partial charge in [-0.15, -0.1) is 0 Å². The zero-order valence-corrected chi connectivity index (χ0v) is 15.8. The molecule has 2 aromatic heterocycles. The normalized spacial score (nSPS) is 11.0. The molecule has 0 spiro atoms. The number of amides is 1. The first-order valence-electron chi connectivity index (χ1n) is 8.39. The molecule has 1 amide bonds. The van der Waals surface area contributed by atoms with Gasteiger partial charge in [0.05, 0.1) is 5.56 Å². The smallest absolute Gasteiger partial charge is 0.256 e. The Morgan fingerprint density at radius 1 is 1.16 bits per heavy atom. The van der Waals surface area contributed by atoms with Crippen LogP contribution in [0.2, 0.25) is 0 Å². The Balaban J connectivity index is 2.29. The van der Waals surface area contributed by atoms with E-state index in [1.165, 1.54) is 0 Å². The molecule has 25 heavy (non-hydrogen) atoms. The summed E-state index contributed by atoms with van der Waals surface area (Å²) in [6.07, 6.45) is 1.99. The molecule has 2 heterocycles. The van der Waals surface area contributed by atoms with Gasteiger partial charge in [0, 0.05) is 24.5 Å². The highest BCUT2D eigenvalue weighted by molar-refractivity contribution is 7.98. The Labute approximate surface area is 152 Å². The van der Waals surface area contributed by atoms with Gasteiger partial charge >= 0.3 is 0 Å². The molecule has 0 fully saturated rings. The highest BCUT2D eigenvalue weighted by Crippen LogP contribution is 2.28. The monoisotopic (exact) mass is 354 g/mol. The molecule has 0 aliphatic carbocycles. The predicted octanol–water partition coefficient (Wildman–Crippen LogP) is 3.93. The summed E-state index contributed by atoms with van der Waals surface area (Å²) in [5, 5.41) is 0.827. The molecule has 3 aromatic rings. The van der Waals surface area contributed by atoms with E-state index in [-0.39, 0.29) is 5.91 Å². The molecule has 0 aliphatic rings. The number of thioether (sulfide) groups is 1. The summed E-state index contributed by atoms with van der Waals surface area (Å²) in [6.45, 7) is 7.24. The van der Waals surface area contributed by atoms with Crippen LogP contribution in [-0.4, -0.2) is 44.7 Å². The molecule has 130 valence electrons. The van der Waals surface area contributed by atoms with Gasteiger partial charge in [-0.1, -0.05) is 30.0 Å². The van der Waals surface area contributed by atoms with Crippen molar-refractivity contribution >= 4 is 28.8 Å². The van der Waals surface area contributed by atoms with Crippen LogP contribution >= 0.6 is 11.8 Å². The molecule has 1 aromatic carbocycles. The maximum Gasteiger partial charge on any atom is 0.256 e. The maximum atomic E-state index is 13.0. The topological polar surface area (TPSA) is 51.0 Å². The molecule has 5 nitrogen and oxygen atoms in total. The zero-order chi connectivity index (χ0) is 18.0. The fourth-order valence-corrected chi connectivity index (χ4v) is 3.50. The molecule has 0 atom stereocenters. The molecular weight excluding hydrogens is 332 g/mol. The Hall–Kier alpha value is -2.34. The second-order valence-corrected chi connectivity index (χ2v) is 6.50. The minimum Gasteiger partial charge on any atom is -0.339 e. The lowest BCUT2D eigenvalue weighted by Crippen LogP contribution is -2.30. The summed E-state index contributed by atoms with van der Waals surface area (Å²) in [4.78, 5) is 24.2. The zero-order valence-electron chi connectivity index (χ0n) is 15.0. The average Bonchev–Trinajstić information content (AvgIpc) is 3.00. The van der Waals surface area contributed by atoms with E-state index in [0.717, 1.165) is 22.2 Å². The fourth-order valence-electron chi connectivity index (χ4n) is 2.94. The van der Waals surface area contributed by atoms with E-state index in [2.05, 4.69) is 0 Å². The van der Waals surface area contributed by atoms with E-state index in [4.69, 9.17) is 9.97 Å². The van der Waals surface area contributed by atoms with Crippen LogP contribution in [0, 0.1) is 6.92 Å². The average molecular weight is 354 g/mol. The lowest BCUT2D eigenvalue weighted by Gasteiger charge is -2.19. The van der Waals surface area contributed by atoms with Gasteiger partial charge in [0.2, 0.25) is 0 Å². The van der Waals surface area contributed by atoms with Gasteiger partial charge in [0.1, 0.15) is 5.52 Å². The van der Waals surface area contributed by atoms with Gasteiger partial charge in [-0.2, -0.15) is 0 Å². The third-order valence-corrected chi connectivity index (χ3v) is 4.83. The van der Waals surface area contributed by atoms with Gasteiger partial charge in [0.25, 0.3) is 5.91 Å². The van der Waals surface area contributed by atoms with E-state index >= 15 is 0 Å². The van der Waals surface area contributed by atoms with Crippen molar-refractivity contribution in [1.29, 1.82) is 0 Å². The number of carbonyl (C=O) groups is 1. The standard InChI is InChI=1S/C19H22N4OS/c1-5-22(6-2)18(24)15-12-13(3)20-17-16(15)21-19(25-4)23(17)14-10-8-7-9-11-14/h7-12H,5-6H2,1-4H3. The van der Waals surface area contributed by atoms with Crippen molar-refractivity contribution in [3.05, 3.63) is 47.7 Å². The summed E-state index contributed by atoms with van der Waals surface area (Å²) in [5.41, 5.74) is 3.82. The third kappa shape index (κ3) is 3.14. The van der Waals surface area contributed by atoms with Gasteiger partial charge in [-0.25, -0.2) is 9.97 Å². The molecule has 0 saturated heterocycles. The van der Waals surface area contributed by atoms with E-state index in [1.54, 1.807) is 11.8 Å². The lowest BCUT2D eigenvalue weighted by atomic mass is 10.1.